The fraction of sp³-hybridized carbons (Fsp3) is 0.158. The van der Waals surface area contributed by atoms with Crippen LogP contribution in [0, 0.1) is 5.82 Å². The summed E-state index contributed by atoms with van der Waals surface area (Å²) in [5.41, 5.74) is 3.41. The van der Waals surface area contributed by atoms with E-state index in [1.807, 2.05) is 40.6 Å². The number of rotatable bonds is 3. The molecule has 6 heteroatoms. The number of amides is 1. The Kier molecular flexibility index (Phi) is 3.53. The Balaban J connectivity index is 1.76. The third kappa shape index (κ3) is 2.46. The first-order valence-electron chi connectivity index (χ1n) is 7.97. The lowest BCUT2D eigenvalue weighted by Crippen LogP contribution is -2.30. The Labute approximate surface area is 143 Å². The number of carbonyl (C=O) groups excluding carboxylic acids is 1. The Bertz CT molecular complexity index is 1100. The molecule has 0 saturated carbocycles. The highest BCUT2D eigenvalue weighted by Crippen LogP contribution is 2.28. The molecule has 0 N–H and O–H groups in total. The number of likely N-dealkylation sites (N-methyl/N-ethyl adjacent to an activating group) is 1. The minimum atomic E-state index is -0.363. The van der Waals surface area contributed by atoms with Crippen LogP contribution in [0.3, 0.4) is 0 Å². The van der Waals surface area contributed by atoms with Gasteiger partial charge in [-0.1, -0.05) is 24.3 Å². The maximum Gasteiger partial charge on any atom is 0.246 e. The molecule has 0 fully saturated rings. The SMILES string of the molecule is CN(C(=O)Cn1c2ccccc2c2c1cnn2C)c1cccc(F)c1. The lowest BCUT2D eigenvalue weighted by atomic mass is 10.2. The molecule has 0 aliphatic heterocycles. The predicted octanol–water partition coefficient (Wildman–Crippen LogP) is 3.33. The Hall–Kier alpha value is -3.15. The smallest absolute Gasteiger partial charge is 0.246 e. The second-order valence-electron chi connectivity index (χ2n) is 6.04. The van der Waals surface area contributed by atoms with Gasteiger partial charge in [0.25, 0.3) is 0 Å². The number of fused-ring (bicyclic) bond motifs is 3. The van der Waals surface area contributed by atoms with Gasteiger partial charge in [0.15, 0.2) is 0 Å². The highest BCUT2D eigenvalue weighted by atomic mass is 19.1. The zero-order valence-electron chi connectivity index (χ0n) is 14.0. The lowest BCUT2D eigenvalue weighted by Gasteiger charge is -2.18. The van der Waals surface area contributed by atoms with Gasteiger partial charge >= 0.3 is 0 Å². The second-order valence-corrected chi connectivity index (χ2v) is 6.04. The summed E-state index contributed by atoms with van der Waals surface area (Å²) in [5.74, 6) is -0.490. The fourth-order valence-corrected chi connectivity index (χ4v) is 3.22. The molecule has 0 aliphatic rings. The first-order chi connectivity index (χ1) is 12.1. The van der Waals surface area contributed by atoms with E-state index in [1.54, 1.807) is 25.4 Å². The summed E-state index contributed by atoms with van der Waals surface area (Å²) < 4.78 is 17.2. The number of carbonyl (C=O) groups is 1. The molecule has 0 radical (unpaired) electrons. The van der Waals surface area contributed by atoms with Crippen LogP contribution in [0.1, 0.15) is 0 Å². The molecule has 4 rings (SSSR count). The van der Waals surface area contributed by atoms with Gasteiger partial charge in [-0.05, 0) is 24.3 Å². The number of benzene rings is 2. The minimum Gasteiger partial charge on any atom is -0.328 e. The van der Waals surface area contributed by atoms with Gasteiger partial charge in [-0.25, -0.2) is 4.39 Å². The van der Waals surface area contributed by atoms with Gasteiger partial charge in [-0.3, -0.25) is 9.48 Å². The first-order valence-corrected chi connectivity index (χ1v) is 7.97. The summed E-state index contributed by atoms with van der Waals surface area (Å²) in [6.45, 7) is 0.155. The molecule has 0 unspecified atom stereocenters. The third-order valence-electron chi connectivity index (χ3n) is 4.52. The topological polar surface area (TPSA) is 43.1 Å². The summed E-state index contributed by atoms with van der Waals surface area (Å²) in [5, 5.41) is 5.36. The molecular weight excluding hydrogens is 319 g/mol. The van der Waals surface area contributed by atoms with E-state index in [0.717, 1.165) is 21.9 Å². The maximum absolute atomic E-state index is 13.4. The molecule has 0 saturated heterocycles. The zero-order valence-corrected chi connectivity index (χ0v) is 14.0. The van der Waals surface area contributed by atoms with Crippen molar-refractivity contribution in [1.29, 1.82) is 0 Å². The summed E-state index contributed by atoms with van der Waals surface area (Å²) in [4.78, 5) is 14.2. The molecule has 2 aromatic heterocycles. The van der Waals surface area contributed by atoms with E-state index in [4.69, 9.17) is 0 Å². The van der Waals surface area contributed by atoms with Gasteiger partial charge in [0.1, 0.15) is 12.4 Å². The molecular formula is C19H17FN4O. The molecule has 0 atom stereocenters. The normalized spacial score (nSPS) is 11.3. The number of anilines is 1. The highest BCUT2D eigenvalue weighted by molar-refractivity contribution is 6.07. The number of aromatic nitrogens is 3. The van der Waals surface area contributed by atoms with E-state index in [1.165, 1.54) is 17.0 Å². The van der Waals surface area contributed by atoms with Gasteiger partial charge in [-0.15, -0.1) is 0 Å². The van der Waals surface area contributed by atoms with Gasteiger partial charge in [0, 0.05) is 25.2 Å². The molecule has 5 nitrogen and oxygen atoms in total. The van der Waals surface area contributed by atoms with Crippen molar-refractivity contribution in [3.05, 3.63) is 60.5 Å². The van der Waals surface area contributed by atoms with Crippen molar-refractivity contribution in [3.63, 3.8) is 0 Å². The van der Waals surface area contributed by atoms with Gasteiger partial charge in [-0.2, -0.15) is 5.10 Å². The molecule has 0 aliphatic carbocycles. The van der Waals surface area contributed by atoms with Gasteiger partial charge in [0.05, 0.1) is 22.7 Å². The van der Waals surface area contributed by atoms with E-state index < -0.39 is 0 Å². The molecule has 2 heterocycles. The molecule has 0 spiro atoms. The molecule has 4 aromatic rings. The predicted molar refractivity (Wildman–Crippen MR) is 96.0 cm³/mol. The quantitative estimate of drug-likeness (QED) is 0.576. The number of nitrogens with zero attached hydrogens (tertiary/aromatic N) is 4. The average Bonchev–Trinajstić information content (AvgIpc) is 3.14. The van der Waals surface area contributed by atoms with E-state index >= 15 is 0 Å². The Morgan fingerprint density at radius 3 is 2.76 bits per heavy atom. The van der Waals surface area contributed by atoms with E-state index in [0.29, 0.717) is 5.69 Å². The lowest BCUT2D eigenvalue weighted by molar-refractivity contribution is -0.118. The van der Waals surface area contributed by atoms with Gasteiger partial charge < -0.3 is 9.47 Å². The van der Waals surface area contributed by atoms with Crippen LogP contribution >= 0.6 is 0 Å². The summed E-state index contributed by atoms with van der Waals surface area (Å²) in [6.07, 6.45) is 1.77. The van der Waals surface area contributed by atoms with Crippen LogP contribution in [0.5, 0.6) is 0 Å². The number of hydrogen-bond donors (Lipinski definition) is 0. The van der Waals surface area contributed by atoms with Crippen LogP contribution in [0.4, 0.5) is 10.1 Å². The first kappa shape index (κ1) is 15.4. The molecule has 25 heavy (non-hydrogen) atoms. The maximum atomic E-state index is 13.4. The fourth-order valence-electron chi connectivity index (χ4n) is 3.22. The monoisotopic (exact) mass is 336 g/mol. The number of para-hydroxylation sites is 1. The second kappa shape index (κ2) is 5.73. The van der Waals surface area contributed by atoms with Crippen LogP contribution in [-0.2, 0) is 18.4 Å². The van der Waals surface area contributed by atoms with Crippen LogP contribution in [-0.4, -0.2) is 27.3 Å². The van der Waals surface area contributed by atoms with Gasteiger partial charge in [0.2, 0.25) is 5.91 Å². The molecule has 0 bridgehead atoms. The number of aryl methyl sites for hydroxylation is 1. The van der Waals surface area contributed by atoms with E-state index in [2.05, 4.69) is 5.10 Å². The van der Waals surface area contributed by atoms with Crippen molar-refractivity contribution in [2.75, 3.05) is 11.9 Å². The number of hydrogen-bond acceptors (Lipinski definition) is 2. The standard InChI is InChI=1S/C19H17FN4O/c1-22(14-7-5-6-13(20)10-14)18(25)12-24-16-9-4-3-8-15(16)19-17(24)11-21-23(19)2/h3-11H,12H2,1-2H3. The van der Waals surface area contributed by atoms with E-state index in [-0.39, 0.29) is 18.3 Å². The van der Waals surface area contributed by atoms with Crippen molar-refractivity contribution in [2.24, 2.45) is 7.05 Å². The molecule has 126 valence electrons. The summed E-state index contributed by atoms with van der Waals surface area (Å²) >= 11 is 0. The van der Waals surface area contributed by atoms with Crippen molar-refractivity contribution in [1.82, 2.24) is 14.3 Å². The van der Waals surface area contributed by atoms with Crippen molar-refractivity contribution >= 4 is 33.5 Å². The zero-order chi connectivity index (χ0) is 17.6. The van der Waals surface area contributed by atoms with Crippen LogP contribution in [0.2, 0.25) is 0 Å². The van der Waals surface area contributed by atoms with Crippen LogP contribution in [0.25, 0.3) is 21.9 Å². The Morgan fingerprint density at radius 2 is 1.96 bits per heavy atom. The van der Waals surface area contributed by atoms with Crippen molar-refractivity contribution in [2.45, 2.75) is 6.54 Å². The number of halogens is 1. The van der Waals surface area contributed by atoms with Crippen molar-refractivity contribution < 1.29 is 9.18 Å². The summed E-state index contributed by atoms with van der Waals surface area (Å²) in [6, 6.07) is 14.0. The average molecular weight is 336 g/mol. The summed E-state index contributed by atoms with van der Waals surface area (Å²) in [7, 11) is 3.54. The van der Waals surface area contributed by atoms with Crippen LogP contribution in [0.15, 0.2) is 54.7 Å². The molecule has 2 aromatic carbocycles. The molecule has 1 amide bonds. The third-order valence-corrected chi connectivity index (χ3v) is 4.52. The van der Waals surface area contributed by atoms with E-state index in [9.17, 15) is 9.18 Å². The Morgan fingerprint density at radius 1 is 1.16 bits per heavy atom. The minimum absolute atomic E-state index is 0.128. The highest BCUT2D eigenvalue weighted by Gasteiger charge is 2.18. The van der Waals surface area contributed by atoms with Crippen molar-refractivity contribution in [3.8, 4) is 0 Å². The van der Waals surface area contributed by atoms with Crippen LogP contribution < -0.4 is 4.90 Å². The largest absolute Gasteiger partial charge is 0.328 e.